The van der Waals surface area contributed by atoms with Gasteiger partial charge in [0, 0.05) is 18.7 Å². The molecule has 6 nitrogen and oxygen atoms in total. The molecule has 3 N–H and O–H groups in total. The van der Waals surface area contributed by atoms with Crippen molar-refractivity contribution in [2.24, 2.45) is 0 Å². The van der Waals surface area contributed by atoms with Crippen molar-refractivity contribution in [1.29, 1.82) is 0 Å². The molecule has 0 bridgehead atoms. The number of aliphatic hydroxyl groups excluding tert-OH is 1. The molecule has 0 amide bonds. The highest BCUT2D eigenvalue weighted by atomic mass is 16.5. The van der Waals surface area contributed by atoms with Crippen molar-refractivity contribution in [3.8, 4) is 11.3 Å². The zero-order chi connectivity index (χ0) is 13.3. The molecule has 0 saturated heterocycles. The van der Waals surface area contributed by atoms with Crippen molar-refractivity contribution in [2.75, 3.05) is 26.4 Å². The zero-order valence-electron chi connectivity index (χ0n) is 10.7. The van der Waals surface area contributed by atoms with Crippen LogP contribution in [0.5, 0.6) is 0 Å². The average molecular weight is 262 g/mol. The molecule has 0 atom stereocenters. The summed E-state index contributed by atoms with van der Waals surface area (Å²) in [5.41, 5.74) is 2.79. The van der Waals surface area contributed by atoms with E-state index in [-0.39, 0.29) is 6.61 Å². The molecule has 0 aliphatic rings. The van der Waals surface area contributed by atoms with Gasteiger partial charge in [0.05, 0.1) is 19.8 Å². The van der Waals surface area contributed by atoms with E-state index < -0.39 is 0 Å². The Balaban J connectivity index is 1.83. The van der Waals surface area contributed by atoms with E-state index in [1.165, 1.54) is 0 Å². The van der Waals surface area contributed by atoms with Crippen LogP contribution in [0.4, 0.5) is 0 Å². The van der Waals surface area contributed by atoms with Crippen molar-refractivity contribution in [2.45, 2.75) is 6.54 Å². The van der Waals surface area contributed by atoms with Gasteiger partial charge < -0.3 is 15.2 Å². The van der Waals surface area contributed by atoms with Crippen molar-refractivity contribution in [3.63, 3.8) is 0 Å². The van der Waals surface area contributed by atoms with Gasteiger partial charge in [-0.2, -0.15) is 15.4 Å². The van der Waals surface area contributed by atoms with Crippen LogP contribution >= 0.6 is 0 Å². The minimum absolute atomic E-state index is 0.0570. The van der Waals surface area contributed by atoms with Gasteiger partial charge in [-0.25, -0.2) is 0 Å². The van der Waals surface area contributed by atoms with E-state index in [1.54, 1.807) is 0 Å². The first-order chi connectivity index (χ1) is 9.42. The van der Waals surface area contributed by atoms with Crippen LogP contribution in [0.1, 0.15) is 5.69 Å². The molecule has 0 saturated carbocycles. The lowest BCUT2D eigenvalue weighted by molar-refractivity contribution is 0.0937. The number of ether oxygens (including phenoxy) is 1. The van der Waals surface area contributed by atoms with Gasteiger partial charge in [-0.05, 0) is 0 Å². The summed E-state index contributed by atoms with van der Waals surface area (Å²) in [7, 11) is 0. The van der Waals surface area contributed by atoms with Crippen LogP contribution in [0, 0.1) is 0 Å². The Morgan fingerprint density at radius 2 is 2.00 bits per heavy atom. The van der Waals surface area contributed by atoms with Gasteiger partial charge in [0.25, 0.3) is 0 Å². The maximum atomic E-state index is 8.57. The second-order valence-corrected chi connectivity index (χ2v) is 4.00. The summed E-state index contributed by atoms with van der Waals surface area (Å²) in [6.07, 6.45) is 0. The number of aromatic nitrogens is 3. The number of nitrogens with one attached hydrogen (secondary N) is 2. The molecule has 0 aliphatic carbocycles. The number of hydrogen-bond acceptors (Lipinski definition) is 5. The number of aliphatic hydroxyl groups is 1. The number of nitrogens with zero attached hydrogens (tertiary/aromatic N) is 2. The molecule has 0 aliphatic heterocycles. The van der Waals surface area contributed by atoms with Gasteiger partial charge in [-0.1, -0.05) is 30.3 Å². The van der Waals surface area contributed by atoms with Crippen LogP contribution in [0.15, 0.2) is 30.3 Å². The minimum Gasteiger partial charge on any atom is -0.394 e. The number of H-pyrrole nitrogens is 1. The van der Waals surface area contributed by atoms with E-state index in [1.807, 2.05) is 30.3 Å². The van der Waals surface area contributed by atoms with E-state index in [2.05, 4.69) is 20.7 Å². The fourth-order valence-electron chi connectivity index (χ4n) is 1.72. The highest BCUT2D eigenvalue weighted by Gasteiger charge is 2.08. The van der Waals surface area contributed by atoms with E-state index >= 15 is 0 Å². The molecule has 2 aromatic rings. The van der Waals surface area contributed by atoms with Crippen molar-refractivity contribution < 1.29 is 9.84 Å². The fraction of sp³-hybridized carbons (Fsp3) is 0.385. The van der Waals surface area contributed by atoms with Gasteiger partial charge >= 0.3 is 0 Å². The summed E-state index contributed by atoms with van der Waals surface area (Å²) in [5, 5.41) is 22.8. The standard InChI is InChI=1S/C13H18N4O2/c18-7-9-19-8-6-14-10-12-13(16-17-15-12)11-4-2-1-3-5-11/h1-5,14,18H,6-10H2,(H,15,16,17). The van der Waals surface area contributed by atoms with Crippen LogP contribution in [-0.2, 0) is 11.3 Å². The van der Waals surface area contributed by atoms with E-state index in [0.717, 1.165) is 17.0 Å². The third-order valence-electron chi connectivity index (χ3n) is 2.62. The Bertz CT molecular complexity index is 473. The second kappa shape index (κ2) is 7.63. The fourth-order valence-corrected chi connectivity index (χ4v) is 1.72. The maximum absolute atomic E-state index is 8.57. The molecule has 0 radical (unpaired) electrons. The number of rotatable bonds is 8. The third-order valence-corrected chi connectivity index (χ3v) is 2.62. The van der Waals surface area contributed by atoms with Crippen molar-refractivity contribution >= 4 is 0 Å². The van der Waals surface area contributed by atoms with E-state index in [9.17, 15) is 0 Å². The quantitative estimate of drug-likeness (QED) is 0.606. The van der Waals surface area contributed by atoms with Gasteiger partial charge in [0.1, 0.15) is 11.4 Å². The molecular formula is C13H18N4O2. The average Bonchev–Trinajstić information content (AvgIpc) is 2.92. The molecule has 1 heterocycles. The SMILES string of the molecule is OCCOCCNCc1n[nH]nc1-c1ccccc1. The molecule has 6 heteroatoms. The molecule has 1 aromatic carbocycles. The first-order valence-corrected chi connectivity index (χ1v) is 6.26. The van der Waals surface area contributed by atoms with E-state index in [0.29, 0.717) is 26.3 Å². The van der Waals surface area contributed by atoms with Gasteiger partial charge in [0.15, 0.2) is 0 Å². The van der Waals surface area contributed by atoms with Crippen molar-refractivity contribution in [1.82, 2.24) is 20.7 Å². The molecule has 0 fully saturated rings. The largest absolute Gasteiger partial charge is 0.394 e. The van der Waals surface area contributed by atoms with Gasteiger partial charge in [-0.15, -0.1) is 0 Å². The summed E-state index contributed by atoms with van der Waals surface area (Å²) >= 11 is 0. The normalized spacial score (nSPS) is 10.8. The molecular weight excluding hydrogens is 244 g/mol. The number of benzene rings is 1. The lowest BCUT2D eigenvalue weighted by Gasteiger charge is -2.04. The number of hydrogen-bond donors (Lipinski definition) is 3. The Morgan fingerprint density at radius 1 is 1.16 bits per heavy atom. The lowest BCUT2D eigenvalue weighted by atomic mass is 10.1. The first kappa shape index (κ1) is 13.7. The van der Waals surface area contributed by atoms with Crippen LogP contribution in [-0.4, -0.2) is 46.9 Å². The molecule has 2 rings (SSSR count). The molecule has 0 spiro atoms. The summed E-state index contributed by atoms with van der Waals surface area (Å²) in [6.45, 7) is 2.34. The summed E-state index contributed by atoms with van der Waals surface area (Å²) in [4.78, 5) is 0. The van der Waals surface area contributed by atoms with Crippen LogP contribution in [0.3, 0.4) is 0 Å². The highest BCUT2D eigenvalue weighted by Crippen LogP contribution is 2.18. The summed E-state index contributed by atoms with van der Waals surface area (Å²) in [5.74, 6) is 0. The maximum Gasteiger partial charge on any atom is 0.117 e. The summed E-state index contributed by atoms with van der Waals surface area (Å²) in [6, 6.07) is 9.94. The second-order valence-electron chi connectivity index (χ2n) is 4.00. The lowest BCUT2D eigenvalue weighted by Crippen LogP contribution is -2.20. The molecule has 19 heavy (non-hydrogen) atoms. The van der Waals surface area contributed by atoms with Gasteiger partial charge in [-0.3, -0.25) is 0 Å². The topological polar surface area (TPSA) is 83.1 Å². The smallest absolute Gasteiger partial charge is 0.117 e. The van der Waals surface area contributed by atoms with Crippen LogP contribution in [0.2, 0.25) is 0 Å². The Hall–Kier alpha value is -1.76. The zero-order valence-corrected chi connectivity index (χ0v) is 10.7. The van der Waals surface area contributed by atoms with E-state index in [4.69, 9.17) is 9.84 Å². The monoisotopic (exact) mass is 262 g/mol. The predicted molar refractivity (Wildman–Crippen MR) is 71.4 cm³/mol. The van der Waals surface area contributed by atoms with Gasteiger partial charge in [0.2, 0.25) is 0 Å². The van der Waals surface area contributed by atoms with Crippen molar-refractivity contribution in [3.05, 3.63) is 36.0 Å². The Kier molecular flexibility index (Phi) is 5.49. The van der Waals surface area contributed by atoms with Crippen LogP contribution in [0.25, 0.3) is 11.3 Å². The molecule has 102 valence electrons. The molecule has 1 aromatic heterocycles. The van der Waals surface area contributed by atoms with Crippen LogP contribution < -0.4 is 5.32 Å². The summed E-state index contributed by atoms with van der Waals surface area (Å²) < 4.78 is 5.16. The minimum atomic E-state index is 0.0570. The Labute approximate surface area is 111 Å². The first-order valence-electron chi connectivity index (χ1n) is 6.26. The molecule has 0 unspecified atom stereocenters. The number of aromatic amines is 1. The third kappa shape index (κ3) is 4.13. The highest BCUT2D eigenvalue weighted by molar-refractivity contribution is 5.60. The Morgan fingerprint density at radius 3 is 2.79 bits per heavy atom. The predicted octanol–water partition coefficient (Wildman–Crippen LogP) is 0.570.